The van der Waals surface area contributed by atoms with Gasteiger partial charge in [0.05, 0.1) is 0 Å². The van der Waals surface area contributed by atoms with E-state index >= 15 is 0 Å². The first kappa shape index (κ1) is 15.8. The molecule has 0 bridgehead atoms. The van der Waals surface area contributed by atoms with Crippen LogP contribution in [0.25, 0.3) is 0 Å². The maximum Gasteiger partial charge on any atom is 0.235 e. The van der Waals surface area contributed by atoms with Crippen LogP contribution in [0.1, 0.15) is 65.2 Å². The maximum atomic E-state index is 11.0. The topological polar surface area (TPSA) is 29.1 Å². The molecule has 0 saturated carbocycles. The van der Waals surface area contributed by atoms with Crippen LogP contribution in [0.4, 0.5) is 0 Å². The Morgan fingerprint density at radius 3 is 2.25 bits per heavy atom. The number of amides is 1. The van der Waals surface area contributed by atoms with E-state index < -0.39 is 0 Å². The van der Waals surface area contributed by atoms with Crippen LogP contribution in [0, 0.1) is 0 Å². The van der Waals surface area contributed by atoms with Gasteiger partial charge in [0.25, 0.3) is 0 Å². The molecule has 1 atom stereocenters. The lowest BCUT2D eigenvalue weighted by Gasteiger charge is -2.12. The van der Waals surface area contributed by atoms with Gasteiger partial charge < -0.3 is 5.32 Å². The number of unbranched alkanes of at least 4 members (excludes halogenated alkanes) is 6. The Bertz CT molecular complexity index is 173. The molecule has 3 heteroatoms. The van der Waals surface area contributed by atoms with Crippen molar-refractivity contribution in [2.24, 2.45) is 0 Å². The molecule has 0 spiro atoms. The Morgan fingerprint density at radius 1 is 1.12 bits per heavy atom. The van der Waals surface area contributed by atoms with E-state index in [9.17, 15) is 4.79 Å². The normalized spacial score (nSPS) is 12.4. The summed E-state index contributed by atoms with van der Waals surface area (Å²) in [4.78, 5) is 11.0. The van der Waals surface area contributed by atoms with Gasteiger partial charge in [-0.15, -0.1) is 11.6 Å². The minimum Gasteiger partial charge on any atom is -0.353 e. The van der Waals surface area contributed by atoms with Crippen molar-refractivity contribution < 1.29 is 4.79 Å². The summed E-state index contributed by atoms with van der Waals surface area (Å²) < 4.78 is 0. The van der Waals surface area contributed by atoms with Crippen LogP contribution >= 0.6 is 11.6 Å². The molecule has 0 fully saturated rings. The first-order chi connectivity index (χ1) is 7.70. The summed E-state index contributed by atoms with van der Waals surface area (Å²) in [5, 5.41) is 2.87. The second-order valence-corrected chi connectivity index (χ2v) is 4.78. The molecule has 0 unspecified atom stereocenters. The highest BCUT2D eigenvalue weighted by atomic mass is 35.5. The van der Waals surface area contributed by atoms with Gasteiger partial charge in [0, 0.05) is 6.04 Å². The number of rotatable bonds is 10. The van der Waals surface area contributed by atoms with Gasteiger partial charge in [-0.1, -0.05) is 51.9 Å². The van der Waals surface area contributed by atoms with Crippen molar-refractivity contribution in [3.05, 3.63) is 0 Å². The third-order valence-corrected chi connectivity index (χ3v) is 3.01. The second kappa shape index (κ2) is 11.3. The van der Waals surface area contributed by atoms with Crippen LogP contribution in [0.2, 0.25) is 0 Å². The lowest BCUT2D eigenvalue weighted by molar-refractivity contribution is -0.119. The maximum absolute atomic E-state index is 11.0. The minimum absolute atomic E-state index is 0.0582. The minimum atomic E-state index is -0.0582. The van der Waals surface area contributed by atoms with Gasteiger partial charge in [-0.25, -0.2) is 0 Å². The molecular formula is C13H26ClNO. The molecule has 0 aliphatic carbocycles. The molecule has 0 heterocycles. The highest BCUT2D eigenvalue weighted by molar-refractivity contribution is 6.27. The highest BCUT2D eigenvalue weighted by Crippen LogP contribution is 2.09. The van der Waals surface area contributed by atoms with E-state index in [4.69, 9.17) is 11.6 Å². The van der Waals surface area contributed by atoms with Crippen molar-refractivity contribution in [2.45, 2.75) is 71.3 Å². The van der Waals surface area contributed by atoms with Crippen LogP contribution in [-0.4, -0.2) is 17.8 Å². The van der Waals surface area contributed by atoms with Crippen molar-refractivity contribution >= 4 is 17.5 Å². The van der Waals surface area contributed by atoms with Gasteiger partial charge in [-0.05, 0) is 13.3 Å². The first-order valence-electron chi connectivity index (χ1n) is 6.56. The summed E-state index contributed by atoms with van der Waals surface area (Å²) in [6.07, 6.45) is 10.3. The van der Waals surface area contributed by atoms with Crippen LogP contribution in [0.5, 0.6) is 0 Å². The zero-order valence-corrected chi connectivity index (χ0v) is 11.5. The molecule has 0 aliphatic rings. The molecule has 0 aromatic rings. The third kappa shape index (κ3) is 10.3. The first-order valence-corrected chi connectivity index (χ1v) is 7.09. The molecule has 0 aromatic carbocycles. The summed E-state index contributed by atoms with van der Waals surface area (Å²) in [5.74, 6) is 0.0126. The molecule has 1 N–H and O–H groups in total. The predicted molar refractivity (Wildman–Crippen MR) is 70.9 cm³/mol. The third-order valence-electron chi connectivity index (χ3n) is 2.77. The molecule has 16 heavy (non-hydrogen) atoms. The fraction of sp³-hybridized carbons (Fsp3) is 0.923. The van der Waals surface area contributed by atoms with E-state index in [-0.39, 0.29) is 17.8 Å². The van der Waals surface area contributed by atoms with Crippen molar-refractivity contribution in [3.63, 3.8) is 0 Å². The van der Waals surface area contributed by atoms with Crippen LogP contribution < -0.4 is 5.32 Å². The van der Waals surface area contributed by atoms with Crippen molar-refractivity contribution in [2.75, 3.05) is 5.88 Å². The Kier molecular flexibility index (Phi) is 11.1. The number of hydrogen-bond donors (Lipinski definition) is 1. The zero-order chi connectivity index (χ0) is 12.2. The van der Waals surface area contributed by atoms with Crippen molar-refractivity contribution in [3.8, 4) is 0 Å². The van der Waals surface area contributed by atoms with E-state index in [1.165, 1.54) is 44.9 Å². The van der Waals surface area contributed by atoms with Gasteiger partial charge in [0.15, 0.2) is 0 Å². The summed E-state index contributed by atoms with van der Waals surface area (Å²) in [5.41, 5.74) is 0. The SMILES string of the molecule is CCCCCCCCC[C@@H](C)NC(=O)CCl. The number of carbonyl (C=O) groups excluding carboxylic acids is 1. The average molecular weight is 248 g/mol. The number of halogens is 1. The molecule has 2 nitrogen and oxygen atoms in total. The lowest BCUT2D eigenvalue weighted by Crippen LogP contribution is -2.33. The largest absolute Gasteiger partial charge is 0.353 e. The number of alkyl halides is 1. The summed E-state index contributed by atoms with van der Waals surface area (Å²) in [7, 11) is 0. The molecular weight excluding hydrogens is 222 g/mol. The van der Waals surface area contributed by atoms with Gasteiger partial charge >= 0.3 is 0 Å². The van der Waals surface area contributed by atoms with Gasteiger partial charge in [0.1, 0.15) is 5.88 Å². The smallest absolute Gasteiger partial charge is 0.235 e. The van der Waals surface area contributed by atoms with Gasteiger partial charge in [-0.2, -0.15) is 0 Å². The fourth-order valence-electron chi connectivity index (χ4n) is 1.79. The Hall–Kier alpha value is -0.240. The number of carbonyl (C=O) groups is 1. The average Bonchev–Trinajstić information content (AvgIpc) is 2.27. The van der Waals surface area contributed by atoms with Crippen LogP contribution in [0.15, 0.2) is 0 Å². The zero-order valence-electron chi connectivity index (χ0n) is 10.7. The molecule has 0 saturated heterocycles. The molecule has 0 aliphatic heterocycles. The standard InChI is InChI=1S/C13H26ClNO/c1-3-4-5-6-7-8-9-10-12(2)15-13(16)11-14/h12H,3-11H2,1-2H3,(H,15,16)/t12-/m1/s1. The van der Waals surface area contributed by atoms with Crippen molar-refractivity contribution in [1.29, 1.82) is 0 Å². The predicted octanol–water partition coefficient (Wildman–Crippen LogP) is 3.87. The number of hydrogen-bond acceptors (Lipinski definition) is 1. The quantitative estimate of drug-likeness (QED) is 0.461. The summed E-state index contributed by atoms with van der Waals surface area (Å²) in [6.45, 7) is 4.28. The van der Waals surface area contributed by atoms with E-state index in [0.29, 0.717) is 0 Å². The Labute approximate surface area is 105 Å². The fourth-order valence-corrected chi connectivity index (χ4v) is 1.87. The molecule has 96 valence electrons. The van der Waals surface area contributed by atoms with E-state index in [2.05, 4.69) is 12.2 Å². The summed E-state index contributed by atoms with van der Waals surface area (Å²) in [6, 6.07) is 0.266. The molecule has 0 radical (unpaired) electrons. The van der Waals surface area contributed by atoms with E-state index in [1.807, 2.05) is 6.92 Å². The molecule has 1 amide bonds. The lowest BCUT2D eigenvalue weighted by atomic mass is 10.1. The monoisotopic (exact) mass is 247 g/mol. The summed E-state index contributed by atoms with van der Waals surface area (Å²) >= 11 is 5.42. The Morgan fingerprint density at radius 2 is 1.69 bits per heavy atom. The van der Waals surface area contributed by atoms with Gasteiger partial charge in [-0.3, -0.25) is 4.79 Å². The second-order valence-electron chi connectivity index (χ2n) is 4.51. The van der Waals surface area contributed by atoms with Crippen LogP contribution in [-0.2, 0) is 4.79 Å². The Balaban J connectivity index is 3.21. The van der Waals surface area contributed by atoms with Crippen molar-refractivity contribution in [1.82, 2.24) is 5.32 Å². The molecule has 0 aromatic heterocycles. The number of nitrogens with one attached hydrogen (secondary N) is 1. The molecule has 0 rings (SSSR count). The van der Waals surface area contributed by atoms with Gasteiger partial charge in [0.2, 0.25) is 5.91 Å². The van der Waals surface area contributed by atoms with E-state index in [1.54, 1.807) is 0 Å². The highest BCUT2D eigenvalue weighted by Gasteiger charge is 2.04. The van der Waals surface area contributed by atoms with Crippen LogP contribution in [0.3, 0.4) is 0 Å². The van der Waals surface area contributed by atoms with E-state index in [0.717, 1.165) is 6.42 Å².